The molecule has 4 nitrogen and oxygen atoms in total. The van der Waals surface area contributed by atoms with E-state index in [2.05, 4.69) is 0 Å². The van der Waals surface area contributed by atoms with Gasteiger partial charge in [-0.1, -0.05) is 0 Å². The Kier molecular flexibility index (Phi) is 4.27. The lowest BCUT2D eigenvalue weighted by Gasteiger charge is -2.30. The number of carbonyl (C=O) groups excluding carboxylic acids is 2. The van der Waals surface area contributed by atoms with Gasteiger partial charge in [-0.25, -0.2) is 0 Å². The lowest BCUT2D eigenvalue weighted by Crippen LogP contribution is -2.46. The van der Waals surface area contributed by atoms with Gasteiger partial charge in [0.2, 0.25) is 11.8 Å². The lowest BCUT2D eigenvalue weighted by molar-refractivity contribution is -0.139. The summed E-state index contributed by atoms with van der Waals surface area (Å²) >= 11 is 3.96. The van der Waals surface area contributed by atoms with Crippen LogP contribution in [0.5, 0.6) is 0 Å². The van der Waals surface area contributed by atoms with Crippen LogP contribution in [0.15, 0.2) is 0 Å². The second-order valence-electron chi connectivity index (χ2n) is 5.35. The van der Waals surface area contributed by atoms with E-state index < -0.39 is 0 Å². The van der Waals surface area contributed by atoms with Crippen molar-refractivity contribution in [3.63, 3.8) is 0 Å². The van der Waals surface area contributed by atoms with E-state index >= 15 is 0 Å². The van der Waals surface area contributed by atoms with Crippen LogP contribution in [-0.4, -0.2) is 69.8 Å². The van der Waals surface area contributed by atoms with Gasteiger partial charge in [0, 0.05) is 48.6 Å². The number of rotatable bonds is 2. The minimum Gasteiger partial charge on any atom is -0.339 e. The molecule has 3 aliphatic rings. The number of hydrogen-bond acceptors (Lipinski definition) is 4. The van der Waals surface area contributed by atoms with E-state index in [1.54, 1.807) is 0 Å². The highest BCUT2D eigenvalue weighted by molar-refractivity contribution is 8.06. The van der Waals surface area contributed by atoms with Crippen LogP contribution in [0, 0.1) is 0 Å². The van der Waals surface area contributed by atoms with Gasteiger partial charge in [-0.3, -0.25) is 9.59 Å². The van der Waals surface area contributed by atoms with Crippen LogP contribution in [0.2, 0.25) is 0 Å². The fraction of sp³-hybridized carbons (Fsp3) is 0.846. The van der Waals surface area contributed by atoms with Crippen molar-refractivity contribution in [3.05, 3.63) is 0 Å². The van der Waals surface area contributed by atoms with Crippen LogP contribution >= 0.6 is 23.5 Å². The van der Waals surface area contributed by atoms with Gasteiger partial charge in [0.05, 0.1) is 0 Å². The highest BCUT2D eigenvalue weighted by Crippen LogP contribution is 2.27. The zero-order valence-electron chi connectivity index (χ0n) is 11.0. The van der Waals surface area contributed by atoms with E-state index in [-0.39, 0.29) is 17.9 Å². The molecule has 3 fully saturated rings. The molecule has 0 radical (unpaired) electrons. The van der Waals surface area contributed by atoms with E-state index in [0.717, 1.165) is 31.7 Å². The van der Waals surface area contributed by atoms with Crippen molar-refractivity contribution in [2.45, 2.75) is 30.6 Å². The summed E-state index contributed by atoms with van der Waals surface area (Å²) in [6, 6.07) is -0.156. The smallest absolute Gasteiger partial charge is 0.245 e. The van der Waals surface area contributed by atoms with Crippen molar-refractivity contribution >= 4 is 35.3 Å². The molecule has 3 saturated heterocycles. The van der Waals surface area contributed by atoms with Crippen molar-refractivity contribution in [3.8, 4) is 0 Å². The minimum atomic E-state index is -0.156. The van der Waals surface area contributed by atoms with Crippen molar-refractivity contribution in [1.82, 2.24) is 9.80 Å². The van der Waals surface area contributed by atoms with Crippen LogP contribution in [0.4, 0.5) is 0 Å². The summed E-state index contributed by atoms with van der Waals surface area (Å²) in [6.45, 7) is 2.22. The summed E-state index contributed by atoms with van der Waals surface area (Å²) in [5.41, 5.74) is 0. The molecule has 0 aliphatic carbocycles. The van der Waals surface area contributed by atoms with Crippen LogP contribution in [-0.2, 0) is 9.59 Å². The van der Waals surface area contributed by atoms with Gasteiger partial charge >= 0.3 is 0 Å². The first-order valence-corrected chi connectivity index (χ1v) is 9.23. The Labute approximate surface area is 122 Å². The number of carbonyl (C=O) groups is 2. The Hall–Kier alpha value is -0.360. The molecule has 0 bridgehead atoms. The summed E-state index contributed by atoms with van der Waals surface area (Å²) in [5.74, 6) is 3.91. The SMILES string of the molecule is O=C1C2CCCN2C(=O)CCN1CC1CSCCS1. The van der Waals surface area contributed by atoms with Crippen LogP contribution < -0.4 is 0 Å². The molecule has 0 aromatic carbocycles. The molecule has 3 aliphatic heterocycles. The van der Waals surface area contributed by atoms with Crippen LogP contribution in [0.3, 0.4) is 0 Å². The molecule has 0 spiro atoms. The van der Waals surface area contributed by atoms with E-state index in [4.69, 9.17) is 0 Å². The van der Waals surface area contributed by atoms with E-state index in [0.29, 0.717) is 18.2 Å². The first-order chi connectivity index (χ1) is 9.25. The summed E-state index contributed by atoms with van der Waals surface area (Å²) < 4.78 is 0. The number of nitrogens with zero attached hydrogens (tertiary/aromatic N) is 2. The van der Waals surface area contributed by atoms with Gasteiger partial charge in [-0.05, 0) is 12.8 Å². The Bertz CT molecular complexity index is 372. The van der Waals surface area contributed by atoms with Gasteiger partial charge in [0.15, 0.2) is 0 Å². The fourth-order valence-electron chi connectivity index (χ4n) is 3.09. The van der Waals surface area contributed by atoms with Crippen LogP contribution in [0.1, 0.15) is 19.3 Å². The molecule has 2 atom stereocenters. The maximum atomic E-state index is 12.6. The number of amides is 2. The average molecular weight is 300 g/mol. The zero-order chi connectivity index (χ0) is 13.2. The maximum Gasteiger partial charge on any atom is 0.245 e. The number of fused-ring (bicyclic) bond motifs is 1. The third-order valence-corrected chi connectivity index (χ3v) is 6.90. The van der Waals surface area contributed by atoms with Gasteiger partial charge in [-0.2, -0.15) is 23.5 Å². The maximum absolute atomic E-state index is 12.6. The monoisotopic (exact) mass is 300 g/mol. The van der Waals surface area contributed by atoms with Crippen molar-refractivity contribution < 1.29 is 9.59 Å². The van der Waals surface area contributed by atoms with Gasteiger partial charge in [0.25, 0.3) is 0 Å². The summed E-state index contributed by atoms with van der Waals surface area (Å²) in [5, 5.41) is 0.547. The highest BCUT2D eigenvalue weighted by Gasteiger charge is 2.39. The molecular weight excluding hydrogens is 280 g/mol. The molecule has 0 aromatic rings. The minimum absolute atomic E-state index is 0.156. The molecule has 0 saturated carbocycles. The van der Waals surface area contributed by atoms with Gasteiger partial charge < -0.3 is 9.80 Å². The molecule has 3 heterocycles. The molecule has 6 heteroatoms. The summed E-state index contributed by atoms with van der Waals surface area (Å²) in [6.07, 6.45) is 2.34. The Morgan fingerprint density at radius 2 is 2.11 bits per heavy atom. The second kappa shape index (κ2) is 5.95. The molecule has 2 unspecified atom stereocenters. The third kappa shape index (κ3) is 2.89. The molecule has 0 N–H and O–H groups in total. The van der Waals surface area contributed by atoms with Gasteiger partial charge in [-0.15, -0.1) is 0 Å². The third-order valence-electron chi connectivity index (χ3n) is 4.07. The average Bonchev–Trinajstić information content (AvgIpc) is 2.89. The summed E-state index contributed by atoms with van der Waals surface area (Å²) in [7, 11) is 0. The fourth-order valence-corrected chi connectivity index (χ4v) is 5.77. The van der Waals surface area contributed by atoms with Crippen molar-refractivity contribution in [2.75, 3.05) is 36.9 Å². The van der Waals surface area contributed by atoms with E-state index in [9.17, 15) is 9.59 Å². The van der Waals surface area contributed by atoms with E-state index in [1.807, 2.05) is 33.3 Å². The molecular formula is C13H20N2O2S2. The standard InChI is InChI=1S/C13H20N2O2S2/c16-12-3-5-14(8-10-9-18-6-7-19-10)13(17)11-2-1-4-15(11)12/h10-11H,1-9H2. The van der Waals surface area contributed by atoms with Gasteiger partial charge in [0.1, 0.15) is 6.04 Å². The predicted octanol–water partition coefficient (Wildman–Crippen LogP) is 1.06. The number of thioether (sulfide) groups is 2. The molecule has 0 aromatic heterocycles. The first kappa shape index (κ1) is 13.6. The zero-order valence-corrected chi connectivity index (χ0v) is 12.7. The Balaban J connectivity index is 1.67. The van der Waals surface area contributed by atoms with E-state index in [1.165, 1.54) is 11.5 Å². The molecule has 3 rings (SSSR count). The van der Waals surface area contributed by atoms with Crippen molar-refractivity contribution in [1.29, 1.82) is 0 Å². The largest absolute Gasteiger partial charge is 0.339 e. The molecule has 2 amide bonds. The normalized spacial score (nSPS) is 32.4. The quantitative estimate of drug-likeness (QED) is 0.764. The number of hydrogen-bond donors (Lipinski definition) is 0. The predicted molar refractivity (Wildman–Crippen MR) is 79.5 cm³/mol. The second-order valence-corrected chi connectivity index (χ2v) is 7.91. The Morgan fingerprint density at radius 1 is 1.21 bits per heavy atom. The summed E-state index contributed by atoms with van der Waals surface area (Å²) in [4.78, 5) is 28.3. The Morgan fingerprint density at radius 3 is 2.89 bits per heavy atom. The first-order valence-electron chi connectivity index (χ1n) is 7.03. The van der Waals surface area contributed by atoms with Crippen LogP contribution in [0.25, 0.3) is 0 Å². The highest BCUT2D eigenvalue weighted by atomic mass is 32.2. The lowest BCUT2D eigenvalue weighted by atomic mass is 10.2. The van der Waals surface area contributed by atoms with Crippen molar-refractivity contribution in [2.24, 2.45) is 0 Å². The topological polar surface area (TPSA) is 40.6 Å². The molecule has 19 heavy (non-hydrogen) atoms. The molecule has 106 valence electrons.